The van der Waals surface area contributed by atoms with Crippen LogP contribution in [-0.2, 0) is 13.6 Å². The number of nitrogens with zero attached hydrogens (tertiary/aromatic N) is 3. The van der Waals surface area contributed by atoms with E-state index in [9.17, 15) is 0 Å². The van der Waals surface area contributed by atoms with Gasteiger partial charge in [-0.1, -0.05) is 24.3 Å². The van der Waals surface area contributed by atoms with E-state index in [2.05, 4.69) is 53.5 Å². The number of aliphatic imine (C=N–C) groups is 1. The fraction of sp³-hybridized carbons (Fsp3) is 0.200. The number of halogens is 1. The number of rotatable bonds is 4. The summed E-state index contributed by atoms with van der Waals surface area (Å²) in [5, 5.41) is 7.36. The first-order valence-corrected chi connectivity index (χ1v) is 8.23. The molecule has 0 aliphatic heterocycles. The van der Waals surface area contributed by atoms with Gasteiger partial charge in [0.1, 0.15) is 0 Å². The van der Waals surface area contributed by atoms with E-state index in [1.54, 1.807) is 4.68 Å². The van der Waals surface area contributed by atoms with Crippen LogP contribution in [-0.4, -0.2) is 15.7 Å². The Labute approximate surface area is 171 Å². The van der Waals surface area contributed by atoms with Crippen molar-refractivity contribution in [3.05, 3.63) is 71.5 Å². The Morgan fingerprint density at radius 2 is 1.92 bits per heavy atom. The van der Waals surface area contributed by atoms with Crippen LogP contribution < -0.4 is 11.1 Å². The second-order valence-corrected chi connectivity index (χ2v) is 6.23. The molecule has 0 fully saturated rings. The van der Waals surface area contributed by atoms with E-state index in [0.717, 1.165) is 22.4 Å². The molecule has 0 aliphatic rings. The molecule has 0 saturated carbocycles. The van der Waals surface area contributed by atoms with E-state index < -0.39 is 0 Å². The standard InChI is InChI=1S/C20H23N5.HI/c1-14-7-8-19(9-15(14)2)24-20(21)22-11-16-5-4-6-17(10-16)18-12-23-25(3)13-18;/h4-10,12-13H,11H2,1-3H3,(H3,21,22,24);1H. The Hall–Kier alpha value is -2.35. The maximum Gasteiger partial charge on any atom is 0.193 e. The number of guanidine groups is 1. The van der Waals surface area contributed by atoms with E-state index in [0.29, 0.717) is 12.5 Å². The Kier molecular flexibility index (Phi) is 6.79. The molecule has 3 rings (SSSR count). The highest BCUT2D eigenvalue weighted by molar-refractivity contribution is 14.0. The zero-order valence-electron chi connectivity index (χ0n) is 15.2. The molecule has 2 aromatic carbocycles. The van der Waals surface area contributed by atoms with Crippen LogP contribution in [0.4, 0.5) is 5.69 Å². The van der Waals surface area contributed by atoms with Gasteiger partial charge in [0.15, 0.2) is 5.96 Å². The Morgan fingerprint density at radius 1 is 1.12 bits per heavy atom. The molecule has 6 heteroatoms. The van der Waals surface area contributed by atoms with Crippen molar-refractivity contribution in [3.63, 3.8) is 0 Å². The molecule has 26 heavy (non-hydrogen) atoms. The van der Waals surface area contributed by atoms with Gasteiger partial charge in [0, 0.05) is 24.5 Å². The van der Waals surface area contributed by atoms with E-state index in [1.165, 1.54) is 11.1 Å². The van der Waals surface area contributed by atoms with E-state index in [4.69, 9.17) is 5.73 Å². The van der Waals surface area contributed by atoms with Crippen LogP contribution in [0.15, 0.2) is 59.9 Å². The summed E-state index contributed by atoms with van der Waals surface area (Å²) in [6.07, 6.45) is 3.86. The normalized spacial score (nSPS) is 11.1. The minimum absolute atomic E-state index is 0. The fourth-order valence-electron chi connectivity index (χ4n) is 2.60. The summed E-state index contributed by atoms with van der Waals surface area (Å²) in [5.74, 6) is 0.412. The molecule has 3 aromatic rings. The van der Waals surface area contributed by atoms with Gasteiger partial charge in [0.2, 0.25) is 0 Å². The number of anilines is 1. The lowest BCUT2D eigenvalue weighted by Gasteiger charge is -2.08. The maximum atomic E-state index is 6.02. The van der Waals surface area contributed by atoms with Crippen molar-refractivity contribution in [1.82, 2.24) is 9.78 Å². The van der Waals surface area contributed by atoms with Gasteiger partial charge in [-0.2, -0.15) is 5.10 Å². The molecule has 0 radical (unpaired) electrons. The lowest BCUT2D eigenvalue weighted by Crippen LogP contribution is -2.22. The minimum Gasteiger partial charge on any atom is -0.370 e. The smallest absolute Gasteiger partial charge is 0.193 e. The molecular formula is C20H24IN5. The summed E-state index contributed by atoms with van der Waals surface area (Å²) in [5.41, 5.74) is 12.8. The van der Waals surface area contributed by atoms with Crippen LogP contribution in [0.3, 0.4) is 0 Å². The van der Waals surface area contributed by atoms with E-state index in [-0.39, 0.29) is 24.0 Å². The third-order valence-corrected chi connectivity index (χ3v) is 4.18. The third-order valence-electron chi connectivity index (χ3n) is 4.18. The number of aromatic nitrogens is 2. The minimum atomic E-state index is 0. The zero-order chi connectivity index (χ0) is 17.8. The molecule has 5 nitrogen and oxygen atoms in total. The van der Waals surface area contributed by atoms with Gasteiger partial charge in [0.25, 0.3) is 0 Å². The summed E-state index contributed by atoms with van der Waals surface area (Å²) in [4.78, 5) is 4.44. The lowest BCUT2D eigenvalue weighted by atomic mass is 10.1. The highest BCUT2D eigenvalue weighted by Crippen LogP contribution is 2.20. The Bertz CT molecular complexity index is 914. The van der Waals surface area contributed by atoms with Gasteiger partial charge < -0.3 is 11.1 Å². The second kappa shape index (κ2) is 8.84. The fourth-order valence-corrected chi connectivity index (χ4v) is 2.60. The van der Waals surface area contributed by atoms with Gasteiger partial charge in [-0.05, 0) is 54.3 Å². The summed E-state index contributed by atoms with van der Waals surface area (Å²) in [6, 6.07) is 14.4. The van der Waals surface area contributed by atoms with E-state index >= 15 is 0 Å². The first-order chi connectivity index (χ1) is 12.0. The monoisotopic (exact) mass is 461 g/mol. The summed E-state index contributed by atoms with van der Waals surface area (Å²) in [6.45, 7) is 4.70. The summed E-state index contributed by atoms with van der Waals surface area (Å²) in [7, 11) is 1.91. The quantitative estimate of drug-likeness (QED) is 0.347. The zero-order valence-corrected chi connectivity index (χ0v) is 17.6. The number of benzene rings is 2. The summed E-state index contributed by atoms with van der Waals surface area (Å²) >= 11 is 0. The third kappa shape index (κ3) is 5.08. The number of hydrogen-bond donors (Lipinski definition) is 2. The average Bonchev–Trinajstić information content (AvgIpc) is 3.03. The van der Waals surface area contributed by atoms with Crippen molar-refractivity contribution >= 4 is 35.6 Å². The highest BCUT2D eigenvalue weighted by atomic mass is 127. The SMILES string of the molecule is Cc1ccc(NC(N)=NCc2cccc(-c3cnn(C)c3)c2)cc1C.I. The van der Waals surface area contributed by atoms with Crippen molar-refractivity contribution in [1.29, 1.82) is 0 Å². The lowest BCUT2D eigenvalue weighted by molar-refractivity contribution is 0.768. The molecule has 1 heterocycles. The number of nitrogens with one attached hydrogen (secondary N) is 1. The molecule has 3 N–H and O–H groups in total. The predicted octanol–water partition coefficient (Wildman–Crippen LogP) is 4.25. The Balaban J connectivity index is 0.00000243. The molecule has 136 valence electrons. The summed E-state index contributed by atoms with van der Waals surface area (Å²) < 4.78 is 1.80. The first kappa shape index (κ1) is 20.0. The molecule has 0 saturated heterocycles. The van der Waals surface area contributed by atoms with Crippen molar-refractivity contribution in [2.24, 2.45) is 17.8 Å². The van der Waals surface area contributed by atoms with Crippen molar-refractivity contribution in [2.75, 3.05) is 5.32 Å². The van der Waals surface area contributed by atoms with Crippen molar-refractivity contribution in [2.45, 2.75) is 20.4 Å². The average molecular weight is 461 g/mol. The van der Waals surface area contributed by atoms with Crippen LogP contribution in [0.2, 0.25) is 0 Å². The first-order valence-electron chi connectivity index (χ1n) is 8.23. The van der Waals surface area contributed by atoms with Gasteiger partial charge in [-0.15, -0.1) is 24.0 Å². The molecule has 0 bridgehead atoms. The number of hydrogen-bond acceptors (Lipinski definition) is 2. The van der Waals surface area contributed by atoms with Crippen LogP contribution in [0, 0.1) is 13.8 Å². The molecule has 0 aliphatic carbocycles. The van der Waals surface area contributed by atoms with E-state index in [1.807, 2.05) is 37.6 Å². The second-order valence-electron chi connectivity index (χ2n) is 6.23. The van der Waals surface area contributed by atoms with Gasteiger partial charge in [-0.3, -0.25) is 4.68 Å². The molecular weight excluding hydrogens is 437 g/mol. The molecule has 0 atom stereocenters. The molecule has 1 aromatic heterocycles. The Morgan fingerprint density at radius 3 is 2.62 bits per heavy atom. The van der Waals surface area contributed by atoms with Gasteiger partial charge >= 0.3 is 0 Å². The van der Waals surface area contributed by atoms with Gasteiger partial charge in [-0.25, -0.2) is 4.99 Å². The number of aryl methyl sites for hydroxylation is 3. The van der Waals surface area contributed by atoms with Crippen LogP contribution >= 0.6 is 24.0 Å². The van der Waals surface area contributed by atoms with Crippen LogP contribution in [0.5, 0.6) is 0 Å². The number of nitrogens with two attached hydrogens (primary N) is 1. The predicted molar refractivity (Wildman–Crippen MR) is 119 cm³/mol. The largest absolute Gasteiger partial charge is 0.370 e. The highest BCUT2D eigenvalue weighted by Gasteiger charge is 2.02. The van der Waals surface area contributed by atoms with Crippen molar-refractivity contribution < 1.29 is 0 Å². The van der Waals surface area contributed by atoms with Crippen LogP contribution in [0.25, 0.3) is 11.1 Å². The van der Waals surface area contributed by atoms with Crippen molar-refractivity contribution in [3.8, 4) is 11.1 Å². The maximum absolute atomic E-state index is 6.02. The van der Waals surface area contributed by atoms with Crippen LogP contribution in [0.1, 0.15) is 16.7 Å². The molecule has 0 amide bonds. The van der Waals surface area contributed by atoms with Gasteiger partial charge in [0.05, 0.1) is 12.7 Å². The topological polar surface area (TPSA) is 68.2 Å². The molecule has 0 unspecified atom stereocenters. The molecule has 0 spiro atoms.